The lowest BCUT2D eigenvalue weighted by molar-refractivity contribution is 0.340. The first-order chi connectivity index (χ1) is 16.4. The average molecular weight is 448 g/mol. The van der Waals surface area contributed by atoms with Crippen LogP contribution in [0.2, 0.25) is 0 Å². The van der Waals surface area contributed by atoms with E-state index in [1.165, 1.54) is 5.56 Å². The second-order valence-corrected chi connectivity index (χ2v) is 9.50. The second kappa shape index (κ2) is 8.79. The van der Waals surface area contributed by atoms with E-state index in [4.69, 9.17) is 14.8 Å². The molecule has 1 heterocycles. The topological polar surface area (TPSA) is 46.0 Å². The molecule has 0 amide bonds. The maximum absolute atomic E-state index is 5.63. The van der Waals surface area contributed by atoms with E-state index < -0.39 is 0 Å². The predicted octanol–water partition coefficient (Wildman–Crippen LogP) is 6.97. The molecular weight excluding hydrogens is 418 g/mol. The van der Waals surface area contributed by atoms with Crippen molar-refractivity contribution in [3.63, 3.8) is 0 Å². The summed E-state index contributed by atoms with van der Waals surface area (Å²) >= 11 is 0. The molecule has 5 rings (SSSR count). The van der Waals surface area contributed by atoms with Crippen molar-refractivity contribution in [3.05, 3.63) is 107 Å². The van der Waals surface area contributed by atoms with Crippen LogP contribution in [0, 0.1) is 0 Å². The third-order valence-corrected chi connectivity index (χ3v) is 6.12. The molecule has 0 unspecified atom stereocenters. The van der Waals surface area contributed by atoms with Gasteiger partial charge in [0.05, 0.1) is 12.3 Å². The summed E-state index contributed by atoms with van der Waals surface area (Å²) in [6, 6.07) is 29.3. The minimum absolute atomic E-state index is 0.0962. The zero-order chi connectivity index (χ0) is 23.7. The van der Waals surface area contributed by atoms with E-state index >= 15 is 0 Å². The van der Waals surface area contributed by atoms with Gasteiger partial charge in [-0.25, -0.2) is 4.99 Å². The van der Waals surface area contributed by atoms with Crippen LogP contribution in [-0.4, -0.2) is 18.2 Å². The van der Waals surface area contributed by atoms with Gasteiger partial charge in [-0.1, -0.05) is 75.4 Å². The van der Waals surface area contributed by atoms with Crippen LogP contribution >= 0.6 is 0 Å². The quantitative estimate of drug-likeness (QED) is 0.367. The number of rotatable bonds is 4. The van der Waals surface area contributed by atoms with Crippen LogP contribution in [0.15, 0.2) is 95.0 Å². The molecule has 4 nitrogen and oxygen atoms in total. The van der Waals surface area contributed by atoms with Gasteiger partial charge in [0, 0.05) is 22.1 Å². The summed E-state index contributed by atoms with van der Waals surface area (Å²) in [5.74, 6) is 1.59. The number of nitrogens with zero attached hydrogens (tertiary/aromatic N) is 2. The average Bonchev–Trinajstić information content (AvgIpc) is 3.04. The number of hydrazone groups is 1. The van der Waals surface area contributed by atoms with E-state index in [0.29, 0.717) is 6.61 Å². The van der Waals surface area contributed by atoms with Crippen LogP contribution in [-0.2, 0) is 5.41 Å². The lowest BCUT2D eigenvalue weighted by Crippen LogP contribution is -2.20. The fourth-order valence-corrected chi connectivity index (χ4v) is 4.23. The van der Waals surface area contributed by atoms with Gasteiger partial charge in [-0.15, -0.1) is 0 Å². The number of fused-ring (bicyclic) bond motifs is 3. The fourth-order valence-electron chi connectivity index (χ4n) is 4.23. The molecule has 4 aromatic carbocycles. The van der Waals surface area contributed by atoms with Crippen molar-refractivity contribution in [1.82, 2.24) is 5.43 Å². The maximum Gasteiger partial charge on any atom is 0.154 e. The smallest absolute Gasteiger partial charge is 0.154 e. The molecule has 0 atom stereocenters. The normalized spacial score (nSPS) is 13.4. The summed E-state index contributed by atoms with van der Waals surface area (Å²) in [7, 11) is 0. The molecule has 1 aliphatic rings. The molecule has 0 spiro atoms. The molecule has 0 saturated carbocycles. The first-order valence-corrected chi connectivity index (χ1v) is 11.7. The molecule has 0 bridgehead atoms. The monoisotopic (exact) mass is 447 g/mol. The van der Waals surface area contributed by atoms with E-state index in [2.05, 4.69) is 86.9 Å². The van der Waals surface area contributed by atoms with Gasteiger partial charge < -0.3 is 4.74 Å². The van der Waals surface area contributed by atoms with Gasteiger partial charge in [-0.05, 0) is 53.6 Å². The molecule has 0 fully saturated rings. The Balaban J connectivity index is 1.65. The summed E-state index contributed by atoms with van der Waals surface area (Å²) in [6.07, 6.45) is 0. The predicted molar refractivity (Wildman–Crippen MR) is 142 cm³/mol. The number of hydrogen-bond donors (Lipinski definition) is 1. The largest absolute Gasteiger partial charge is 0.494 e. The number of benzene rings is 4. The lowest BCUT2D eigenvalue weighted by Gasteiger charge is -2.19. The molecule has 34 heavy (non-hydrogen) atoms. The van der Waals surface area contributed by atoms with E-state index in [-0.39, 0.29) is 5.41 Å². The summed E-state index contributed by atoms with van der Waals surface area (Å²) in [5.41, 5.74) is 9.43. The van der Waals surface area contributed by atoms with Crippen molar-refractivity contribution in [2.24, 2.45) is 10.1 Å². The van der Waals surface area contributed by atoms with Gasteiger partial charge in [0.15, 0.2) is 5.84 Å². The Hall–Kier alpha value is -3.92. The van der Waals surface area contributed by atoms with E-state index in [1.807, 2.05) is 31.2 Å². The van der Waals surface area contributed by atoms with Crippen molar-refractivity contribution < 1.29 is 4.74 Å². The Morgan fingerprint density at radius 1 is 0.794 bits per heavy atom. The van der Waals surface area contributed by atoms with Crippen LogP contribution < -0.4 is 10.2 Å². The fraction of sp³-hybridized carbons (Fsp3) is 0.200. The Labute approximate surface area is 201 Å². The van der Waals surface area contributed by atoms with Crippen molar-refractivity contribution >= 4 is 28.0 Å². The minimum atomic E-state index is 0.0962. The SMILES string of the molecule is CCOc1ccc(C2=NNC(c3ccc(C(C)(C)C)cc3)=Nc3c2ccc2ccccc32)cc1. The molecular formula is C30H29N3O. The van der Waals surface area contributed by atoms with Crippen molar-refractivity contribution in [2.75, 3.05) is 6.61 Å². The molecule has 0 radical (unpaired) electrons. The zero-order valence-corrected chi connectivity index (χ0v) is 20.1. The first kappa shape index (κ1) is 21.9. The summed E-state index contributed by atoms with van der Waals surface area (Å²) in [5, 5.41) is 7.10. The second-order valence-electron chi connectivity index (χ2n) is 9.50. The van der Waals surface area contributed by atoms with Gasteiger partial charge >= 0.3 is 0 Å². The molecule has 0 aliphatic carbocycles. The zero-order valence-electron chi connectivity index (χ0n) is 20.1. The maximum atomic E-state index is 5.63. The highest BCUT2D eigenvalue weighted by atomic mass is 16.5. The minimum Gasteiger partial charge on any atom is -0.494 e. The molecule has 1 N–H and O–H groups in total. The lowest BCUT2D eigenvalue weighted by atomic mass is 9.86. The Bertz CT molecular complexity index is 1390. The van der Waals surface area contributed by atoms with Gasteiger partial charge in [0.1, 0.15) is 11.5 Å². The summed E-state index contributed by atoms with van der Waals surface area (Å²) in [4.78, 5) is 5.12. The van der Waals surface area contributed by atoms with Crippen LogP contribution in [0.5, 0.6) is 5.75 Å². The Kier molecular flexibility index (Phi) is 5.66. The van der Waals surface area contributed by atoms with E-state index in [0.717, 1.165) is 50.4 Å². The summed E-state index contributed by atoms with van der Waals surface area (Å²) < 4.78 is 5.63. The Morgan fingerprint density at radius 3 is 2.21 bits per heavy atom. The first-order valence-electron chi connectivity index (χ1n) is 11.7. The number of hydrogen-bond acceptors (Lipinski definition) is 4. The molecule has 170 valence electrons. The van der Waals surface area contributed by atoms with Crippen LogP contribution in [0.3, 0.4) is 0 Å². The van der Waals surface area contributed by atoms with Crippen LogP contribution in [0.4, 0.5) is 5.69 Å². The van der Waals surface area contributed by atoms with Crippen molar-refractivity contribution in [2.45, 2.75) is 33.1 Å². The van der Waals surface area contributed by atoms with Gasteiger partial charge in [0.25, 0.3) is 0 Å². The van der Waals surface area contributed by atoms with Gasteiger partial charge in [-0.2, -0.15) is 5.10 Å². The molecule has 0 aromatic heterocycles. The standard InChI is InChI=1S/C30H29N3O/c1-5-34-24-17-12-21(13-18-24)27-26-19-14-20-8-6-7-9-25(20)28(26)31-29(33-32-27)22-10-15-23(16-11-22)30(2,3)4/h6-19H,5H2,1-4H3,(H,31,33). The Morgan fingerprint density at radius 2 is 1.50 bits per heavy atom. The molecule has 1 aliphatic heterocycles. The highest BCUT2D eigenvalue weighted by Crippen LogP contribution is 2.34. The highest BCUT2D eigenvalue weighted by molar-refractivity contribution is 6.21. The third-order valence-electron chi connectivity index (χ3n) is 6.12. The van der Waals surface area contributed by atoms with Crippen LogP contribution in [0.25, 0.3) is 10.8 Å². The molecule has 0 saturated heterocycles. The third kappa shape index (κ3) is 4.19. The van der Waals surface area contributed by atoms with Gasteiger partial charge in [-0.3, -0.25) is 5.43 Å². The molecule has 4 aromatic rings. The highest BCUT2D eigenvalue weighted by Gasteiger charge is 2.20. The van der Waals surface area contributed by atoms with Crippen LogP contribution in [0.1, 0.15) is 49.9 Å². The van der Waals surface area contributed by atoms with Crippen molar-refractivity contribution in [3.8, 4) is 5.75 Å². The number of nitrogens with one attached hydrogen (secondary N) is 1. The summed E-state index contributed by atoms with van der Waals surface area (Å²) in [6.45, 7) is 9.29. The number of amidine groups is 1. The van der Waals surface area contributed by atoms with E-state index in [9.17, 15) is 0 Å². The van der Waals surface area contributed by atoms with Gasteiger partial charge in [0.2, 0.25) is 0 Å². The number of aliphatic imine (C=N–C) groups is 1. The molecule has 4 heteroatoms. The number of ether oxygens (including phenoxy) is 1. The van der Waals surface area contributed by atoms with Crippen molar-refractivity contribution in [1.29, 1.82) is 0 Å². The van der Waals surface area contributed by atoms with E-state index in [1.54, 1.807) is 0 Å².